The van der Waals surface area contributed by atoms with E-state index in [1.807, 2.05) is 0 Å². The van der Waals surface area contributed by atoms with Crippen molar-refractivity contribution in [1.29, 1.82) is 0 Å². The van der Waals surface area contributed by atoms with Gasteiger partial charge in [0.1, 0.15) is 0 Å². The summed E-state index contributed by atoms with van der Waals surface area (Å²) in [6.07, 6.45) is 8.63. The third-order valence-electron chi connectivity index (χ3n) is 5.37. The predicted molar refractivity (Wildman–Crippen MR) is 81.1 cm³/mol. The fourth-order valence-electron chi connectivity index (χ4n) is 4.87. The van der Waals surface area contributed by atoms with Gasteiger partial charge in [-0.1, -0.05) is 0 Å². The van der Waals surface area contributed by atoms with Crippen LogP contribution in [-0.2, 0) is 4.74 Å². The van der Waals surface area contributed by atoms with E-state index in [1.54, 1.807) is 7.11 Å². The fraction of sp³-hybridized carbons (Fsp3) is 0.933. The molecule has 4 fully saturated rings. The molecule has 4 aliphatic rings. The Morgan fingerprint density at radius 3 is 2.21 bits per heavy atom. The summed E-state index contributed by atoms with van der Waals surface area (Å²) in [5.41, 5.74) is 0.315. The van der Waals surface area contributed by atoms with Crippen LogP contribution in [0.2, 0.25) is 0 Å². The molecule has 3 nitrogen and oxygen atoms in total. The first-order chi connectivity index (χ1) is 9.08. The Kier molecular flexibility index (Phi) is 3.73. The van der Waals surface area contributed by atoms with Crippen LogP contribution in [0.25, 0.3) is 0 Å². The van der Waals surface area contributed by atoms with Crippen molar-refractivity contribution >= 4 is 17.3 Å². The molecule has 4 saturated carbocycles. The number of nitrogens with one attached hydrogen (secondary N) is 2. The zero-order chi connectivity index (χ0) is 13.5. The van der Waals surface area contributed by atoms with Crippen molar-refractivity contribution < 1.29 is 4.74 Å². The smallest absolute Gasteiger partial charge is 0.166 e. The normalized spacial score (nSPS) is 41.1. The molecule has 0 aliphatic heterocycles. The van der Waals surface area contributed by atoms with Gasteiger partial charge >= 0.3 is 0 Å². The van der Waals surface area contributed by atoms with Gasteiger partial charge in [-0.05, 0) is 75.4 Å². The maximum Gasteiger partial charge on any atom is 0.166 e. The van der Waals surface area contributed by atoms with E-state index in [0.29, 0.717) is 5.54 Å². The third-order valence-corrected chi connectivity index (χ3v) is 5.62. The number of rotatable bonds is 4. The zero-order valence-electron chi connectivity index (χ0n) is 12.1. The number of hydrogen-bond acceptors (Lipinski definition) is 2. The molecule has 4 bridgehead atoms. The van der Waals surface area contributed by atoms with Crippen molar-refractivity contribution in [1.82, 2.24) is 10.6 Å². The minimum absolute atomic E-state index is 0.205. The Morgan fingerprint density at radius 2 is 1.74 bits per heavy atom. The molecule has 0 saturated heterocycles. The highest BCUT2D eigenvalue weighted by molar-refractivity contribution is 7.80. The Balaban J connectivity index is 1.56. The van der Waals surface area contributed by atoms with Gasteiger partial charge in [-0.25, -0.2) is 0 Å². The molecule has 4 aliphatic carbocycles. The number of methoxy groups -OCH3 is 1. The monoisotopic (exact) mass is 282 g/mol. The van der Waals surface area contributed by atoms with E-state index in [4.69, 9.17) is 17.0 Å². The van der Waals surface area contributed by atoms with Gasteiger partial charge in [-0.15, -0.1) is 0 Å². The summed E-state index contributed by atoms with van der Waals surface area (Å²) >= 11 is 5.48. The minimum atomic E-state index is 0.205. The Bertz CT molecular complexity index is 323. The van der Waals surface area contributed by atoms with Crippen molar-refractivity contribution in [2.24, 2.45) is 17.8 Å². The summed E-state index contributed by atoms with van der Waals surface area (Å²) in [6, 6.07) is 0. The lowest BCUT2D eigenvalue weighted by atomic mass is 9.53. The molecule has 0 aromatic rings. The van der Waals surface area contributed by atoms with E-state index < -0.39 is 0 Å². The summed E-state index contributed by atoms with van der Waals surface area (Å²) in [5, 5.41) is 7.80. The summed E-state index contributed by atoms with van der Waals surface area (Å²) in [6.45, 7) is 2.84. The molecule has 2 N–H and O–H groups in total. The maximum atomic E-state index is 5.48. The van der Waals surface area contributed by atoms with Gasteiger partial charge in [0.05, 0.1) is 6.10 Å². The van der Waals surface area contributed by atoms with E-state index in [1.165, 1.54) is 38.5 Å². The van der Waals surface area contributed by atoms with Gasteiger partial charge in [0.15, 0.2) is 5.11 Å². The molecular weight excluding hydrogens is 256 g/mol. The average molecular weight is 282 g/mol. The predicted octanol–water partition coefficient (Wildman–Crippen LogP) is 2.45. The summed E-state index contributed by atoms with van der Waals surface area (Å²) in [7, 11) is 1.74. The highest BCUT2D eigenvalue weighted by Gasteiger charge is 2.51. The second-order valence-corrected chi connectivity index (χ2v) is 7.49. The maximum absolute atomic E-state index is 5.48. The Labute approximate surface area is 121 Å². The summed E-state index contributed by atoms with van der Waals surface area (Å²) in [5.74, 6) is 2.87. The van der Waals surface area contributed by atoms with Crippen molar-refractivity contribution in [3.63, 3.8) is 0 Å². The van der Waals surface area contributed by atoms with Crippen LogP contribution in [0.1, 0.15) is 45.4 Å². The molecule has 0 aromatic carbocycles. The van der Waals surface area contributed by atoms with E-state index in [0.717, 1.165) is 29.4 Å². The van der Waals surface area contributed by atoms with Crippen molar-refractivity contribution in [2.45, 2.75) is 57.1 Å². The van der Waals surface area contributed by atoms with Crippen molar-refractivity contribution in [3.8, 4) is 0 Å². The Hall–Kier alpha value is -0.350. The van der Waals surface area contributed by atoms with Crippen LogP contribution in [-0.4, -0.2) is 30.4 Å². The molecule has 4 heteroatoms. The van der Waals surface area contributed by atoms with Crippen LogP contribution in [0, 0.1) is 17.8 Å². The molecule has 0 heterocycles. The lowest BCUT2D eigenvalue weighted by Gasteiger charge is -2.57. The molecule has 19 heavy (non-hydrogen) atoms. The summed E-state index contributed by atoms with van der Waals surface area (Å²) in [4.78, 5) is 0. The third kappa shape index (κ3) is 2.89. The molecule has 1 atom stereocenters. The van der Waals surface area contributed by atoms with Crippen LogP contribution in [0.15, 0.2) is 0 Å². The highest BCUT2D eigenvalue weighted by Crippen LogP contribution is 2.55. The van der Waals surface area contributed by atoms with Crippen molar-refractivity contribution in [3.05, 3.63) is 0 Å². The van der Waals surface area contributed by atoms with Crippen LogP contribution < -0.4 is 10.6 Å². The van der Waals surface area contributed by atoms with E-state index in [9.17, 15) is 0 Å². The molecule has 1 unspecified atom stereocenters. The molecule has 0 amide bonds. The van der Waals surface area contributed by atoms with Crippen LogP contribution in [0.5, 0.6) is 0 Å². The van der Waals surface area contributed by atoms with E-state index in [2.05, 4.69) is 17.6 Å². The van der Waals surface area contributed by atoms with Gasteiger partial charge in [0.25, 0.3) is 0 Å². The SMILES string of the molecule is COC(C)CNC(=S)NC12CC3CC(CC(C3)C1)C2. The van der Waals surface area contributed by atoms with E-state index >= 15 is 0 Å². The largest absolute Gasteiger partial charge is 0.380 e. The molecule has 0 radical (unpaired) electrons. The highest BCUT2D eigenvalue weighted by atomic mass is 32.1. The van der Waals surface area contributed by atoms with Gasteiger partial charge < -0.3 is 15.4 Å². The number of ether oxygens (including phenoxy) is 1. The number of thiocarbonyl (C=S) groups is 1. The molecular formula is C15H26N2OS. The first kappa shape index (κ1) is 13.6. The van der Waals surface area contributed by atoms with E-state index in [-0.39, 0.29) is 6.10 Å². The van der Waals surface area contributed by atoms with Gasteiger partial charge in [0, 0.05) is 19.2 Å². The first-order valence-electron chi connectivity index (χ1n) is 7.67. The van der Waals surface area contributed by atoms with Gasteiger partial charge in [0.2, 0.25) is 0 Å². The molecule has 0 spiro atoms. The molecule has 108 valence electrons. The second kappa shape index (κ2) is 5.21. The first-order valence-corrected chi connectivity index (χ1v) is 8.08. The second-order valence-electron chi connectivity index (χ2n) is 7.08. The average Bonchev–Trinajstić information content (AvgIpc) is 2.33. The molecule has 4 rings (SSSR count). The fourth-order valence-corrected chi connectivity index (χ4v) is 5.17. The summed E-state index contributed by atoms with van der Waals surface area (Å²) < 4.78 is 5.24. The number of hydrogen-bond donors (Lipinski definition) is 2. The standard InChI is InChI=1S/C15H26N2OS/c1-10(18-2)9-16-14(19)17-15-6-11-3-12(7-15)5-13(4-11)8-15/h10-13H,3-9H2,1-2H3,(H2,16,17,19). The van der Waals surface area contributed by atoms with Crippen LogP contribution in [0.4, 0.5) is 0 Å². The van der Waals surface area contributed by atoms with Crippen LogP contribution >= 0.6 is 12.2 Å². The van der Waals surface area contributed by atoms with Gasteiger partial charge in [-0.2, -0.15) is 0 Å². The molecule has 0 aromatic heterocycles. The van der Waals surface area contributed by atoms with Crippen molar-refractivity contribution in [2.75, 3.05) is 13.7 Å². The van der Waals surface area contributed by atoms with Crippen LogP contribution in [0.3, 0.4) is 0 Å². The zero-order valence-corrected chi connectivity index (χ0v) is 12.9. The topological polar surface area (TPSA) is 33.3 Å². The lowest BCUT2D eigenvalue weighted by Crippen LogP contribution is -2.61. The Morgan fingerprint density at radius 1 is 1.21 bits per heavy atom. The van der Waals surface area contributed by atoms with Gasteiger partial charge in [-0.3, -0.25) is 0 Å². The minimum Gasteiger partial charge on any atom is -0.380 e. The lowest BCUT2D eigenvalue weighted by molar-refractivity contribution is -0.0102. The quantitative estimate of drug-likeness (QED) is 0.776.